The van der Waals surface area contributed by atoms with Crippen LogP contribution in [-0.4, -0.2) is 9.13 Å². The van der Waals surface area contributed by atoms with Crippen molar-refractivity contribution in [3.8, 4) is 28.6 Å². The van der Waals surface area contributed by atoms with Crippen LogP contribution < -0.4 is 0 Å². The molecule has 4 heteroatoms. The molecule has 6 aromatic carbocycles. The number of aryl methyl sites for hydroxylation is 1. The van der Waals surface area contributed by atoms with Crippen molar-refractivity contribution < 1.29 is 4.42 Å². The lowest BCUT2D eigenvalue weighted by Gasteiger charge is -2.14. The standard InChI is InChI=1S/C43H27N3O/c44-26-28-25-30(46-40-15-7-3-11-34(40)36-23-24-37-35-12-4-8-16-41(35)47-43(37)42(36)46)21-22-31(28)27-17-19-29(20-18-27)45-38-13-5-1-9-32(38)33-10-2-6-14-39(33)45/h1,3-9,11-25H,2,10H2. The van der Waals surface area contributed by atoms with Crippen molar-refractivity contribution in [2.24, 2.45) is 0 Å². The van der Waals surface area contributed by atoms with Crippen LogP contribution in [0.5, 0.6) is 0 Å². The van der Waals surface area contributed by atoms with E-state index in [1.54, 1.807) is 0 Å². The summed E-state index contributed by atoms with van der Waals surface area (Å²) in [5.74, 6) is 0. The molecule has 9 aromatic rings. The van der Waals surface area contributed by atoms with Gasteiger partial charge >= 0.3 is 0 Å². The summed E-state index contributed by atoms with van der Waals surface area (Å²) >= 11 is 0. The molecule has 1 aliphatic rings. The van der Waals surface area contributed by atoms with Gasteiger partial charge in [0.2, 0.25) is 0 Å². The number of rotatable bonds is 3. The van der Waals surface area contributed by atoms with E-state index in [1.807, 2.05) is 24.3 Å². The van der Waals surface area contributed by atoms with Crippen LogP contribution >= 0.6 is 0 Å². The fourth-order valence-corrected chi connectivity index (χ4v) is 7.77. The quantitative estimate of drug-likeness (QED) is 0.202. The average Bonchev–Trinajstić information content (AvgIpc) is 3.79. The van der Waals surface area contributed by atoms with Crippen molar-refractivity contribution in [3.05, 3.63) is 150 Å². The van der Waals surface area contributed by atoms with Crippen LogP contribution in [0.1, 0.15) is 23.2 Å². The maximum Gasteiger partial charge on any atom is 0.160 e. The molecule has 3 heterocycles. The lowest BCUT2D eigenvalue weighted by molar-refractivity contribution is 0.671. The van der Waals surface area contributed by atoms with Gasteiger partial charge in [-0.05, 0) is 84.1 Å². The van der Waals surface area contributed by atoms with Crippen LogP contribution in [0.3, 0.4) is 0 Å². The van der Waals surface area contributed by atoms with Crippen LogP contribution in [0.15, 0.2) is 138 Å². The van der Waals surface area contributed by atoms with Gasteiger partial charge in [0.1, 0.15) is 5.58 Å². The van der Waals surface area contributed by atoms with Crippen LogP contribution in [0, 0.1) is 11.3 Å². The Morgan fingerprint density at radius 2 is 1.32 bits per heavy atom. The number of para-hydroxylation sites is 3. The summed E-state index contributed by atoms with van der Waals surface area (Å²) < 4.78 is 11.1. The zero-order valence-corrected chi connectivity index (χ0v) is 25.4. The molecule has 0 radical (unpaired) electrons. The largest absolute Gasteiger partial charge is 0.454 e. The van der Waals surface area contributed by atoms with E-state index in [9.17, 15) is 5.26 Å². The molecule has 0 fully saturated rings. The van der Waals surface area contributed by atoms with E-state index in [0.29, 0.717) is 5.56 Å². The average molecular weight is 602 g/mol. The van der Waals surface area contributed by atoms with Crippen molar-refractivity contribution in [1.82, 2.24) is 9.13 Å². The molecule has 47 heavy (non-hydrogen) atoms. The lowest BCUT2D eigenvalue weighted by atomic mass is 9.99. The summed E-state index contributed by atoms with van der Waals surface area (Å²) in [7, 11) is 0. The van der Waals surface area contributed by atoms with Gasteiger partial charge in [0, 0.05) is 44.0 Å². The van der Waals surface area contributed by atoms with Crippen LogP contribution in [0.4, 0.5) is 0 Å². The number of aromatic nitrogens is 2. The molecule has 0 saturated carbocycles. The fraction of sp³-hybridized carbons (Fsp3) is 0.0465. The molecule has 0 bridgehead atoms. The molecule has 0 saturated heterocycles. The molecule has 0 atom stereocenters. The predicted octanol–water partition coefficient (Wildman–Crippen LogP) is 11.1. The number of nitrogens with zero attached hydrogens (tertiary/aromatic N) is 3. The Balaban J connectivity index is 1.13. The Morgan fingerprint density at radius 1 is 0.617 bits per heavy atom. The first-order chi connectivity index (χ1) is 23.3. The second kappa shape index (κ2) is 9.84. The van der Waals surface area contributed by atoms with Crippen molar-refractivity contribution in [2.45, 2.75) is 12.8 Å². The molecule has 0 aliphatic heterocycles. The SMILES string of the molecule is N#Cc1cc(-n2c3ccccc3c3ccc4c5ccccc5oc4c32)ccc1-c1ccc(-n2c3c(c4ccccc42)CCC=C3)cc1. The second-order valence-electron chi connectivity index (χ2n) is 12.3. The molecular weight excluding hydrogens is 574 g/mol. The maximum atomic E-state index is 10.5. The van der Waals surface area contributed by atoms with Crippen molar-refractivity contribution in [2.75, 3.05) is 0 Å². The minimum absolute atomic E-state index is 0.629. The number of benzene rings is 6. The van der Waals surface area contributed by atoms with E-state index < -0.39 is 0 Å². The third kappa shape index (κ3) is 3.69. The third-order valence-electron chi connectivity index (χ3n) is 9.85. The molecule has 4 nitrogen and oxygen atoms in total. The van der Waals surface area contributed by atoms with Gasteiger partial charge in [0.15, 0.2) is 5.58 Å². The molecule has 0 N–H and O–H groups in total. The zero-order valence-electron chi connectivity index (χ0n) is 25.4. The van der Waals surface area contributed by atoms with Gasteiger partial charge in [-0.15, -0.1) is 0 Å². The van der Waals surface area contributed by atoms with Gasteiger partial charge in [0.25, 0.3) is 0 Å². The number of allylic oxidation sites excluding steroid dienone is 1. The highest BCUT2D eigenvalue weighted by atomic mass is 16.3. The first-order valence-electron chi connectivity index (χ1n) is 16.1. The van der Waals surface area contributed by atoms with E-state index in [0.717, 1.165) is 79.1 Å². The first-order valence-corrected chi connectivity index (χ1v) is 16.1. The van der Waals surface area contributed by atoms with Gasteiger partial charge in [-0.1, -0.05) is 84.9 Å². The summed E-state index contributed by atoms with van der Waals surface area (Å²) in [6.07, 6.45) is 6.66. The molecule has 1 aliphatic carbocycles. The summed E-state index contributed by atoms with van der Waals surface area (Å²) in [5, 5.41) is 16.2. The summed E-state index contributed by atoms with van der Waals surface area (Å²) in [4.78, 5) is 0. The van der Waals surface area contributed by atoms with Crippen molar-refractivity contribution in [3.63, 3.8) is 0 Å². The van der Waals surface area contributed by atoms with Crippen molar-refractivity contribution in [1.29, 1.82) is 5.26 Å². The number of nitriles is 1. The molecule has 220 valence electrons. The van der Waals surface area contributed by atoms with Crippen LogP contribution in [0.25, 0.3) is 83.2 Å². The second-order valence-corrected chi connectivity index (χ2v) is 12.3. The normalized spacial score (nSPS) is 12.8. The zero-order chi connectivity index (χ0) is 31.1. The monoisotopic (exact) mass is 601 g/mol. The van der Waals surface area contributed by atoms with E-state index in [2.05, 4.69) is 130 Å². The Hall–Kier alpha value is -6.31. The number of hydrogen-bond acceptors (Lipinski definition) is 2. The molecule has 3 aromatic heterocycles. The molecule has 10 rings (SSSR count). The third-order valence-corrected chi connectivity index (χ3v) is 9.85. The van der Waals surface area contributed by atoms with E-state index in [1.165, 1.54) is 22.2 Å². The highest BCUT2D eigenvalue weighted by Crippen LogP contribution is 2.41. The first kappa shape index (κ1) is 26.0. The molecule has 0 unspecified atom stereocenters. The molecular formula is C43H27N3O. The number of fused-ring (bicyclic) bond motifs is 10. The highest BCUT2D eigenvalue weighted by molar-refractivity contribution is 6.21. The Bertz CT molecular complexity index is 2800. The van der Waals surface area contributed by atoms with Crippen LogP contribution in [0.2, 0.25) is 0 Å². The number of furan rings is 1. The van der Waals surface area contributed by atoms with Gasteiger partial charge < -0.3 is 13.6 Å². The minimum Gasteiger partial charge on any atom is -0.454 e. The summed E-state index contributed by atoms with van der Waals surface area (Å²) in [6.45, 7) is 0. The van der Waals surface area contributed by atoms with Gasteiger partial charge in [-0.3, -0.25) is 0 Å². The minimum atomic E-state index is 0.629. The topological polar surface area (TPSA) is 46.8 Å². The van der Waals surface area contributed by atoms with E-state index in [4.69, 9.17) is 4.42 Å². The lowest BCUT2D eigenvalue weighted by Crippen LogP contribution is -2.00. The van der Waals surface area contributed by atoms with Gasteiger partial charge in [-0.2, -0.15) is 5.26 Å². The highest BCUT2D eigenvalue weighted by Gasteiger charge is 2.21. The Morgan fingerprint density at radius 3 is 2.15 bits per heavy atom. The van der Waals surface area contributed by atoms with Crippen molar-refractivity contribution >= 4 is 60.7 Å². The fourth-order valence-electron chi connectivity index (χ4n) is 7.77. The van der Waals surface area contributed by atoms with Gasteiger partial charge in [-0.25, -0.2) is 0 Å². The van der Waals surface area contributed by atoms with Gasteiger partial charge in [0.05, 0.1) is 28.2 Å². The molecule has 0 amide bonds. The predicted molar refractivity (Wildman–Crippen MR) is 192 cm³/mol. The van der Waals surface area contributed by atoms with E-state index in [-0.39, 0.29) is 0 Å². The van der Waals surface area contributed by atoms with Crippen LogP contribution in [-0.2, 0) is 6.42 Å². The Kier molecular flexibility index (Phi) is 5.44. The number of hydrogen-bond donors (Lipinski definition) is 0. The summed E-state index contributed by atoms with van der Waals surface area (Å²) in [6, 6.07) is 47.0. The summed E-state index contributed by atoms with van der Waals surface area (Å²) in [5.41, 5.74) is 12.3. The molecule has 0 spiro atoms. The maximum absolute atomic E-state index is 10.5. The van der Waals surface area contributed by atoms with E-state index >= 15 is 0 Å². The Labute approximate surface area is 270 Å². The smallest absolute Gasteiger partial charge is 0.160 e.